The Balaban J connectivity index is 1.53. The smallest absolute Gasteiger partial charge is 0.159 e. The van der Waals surface area contributed by atoms with E-state index in [1.54, 1.807) is 12.4 Å². The second-order valence-corrected chi connectivity index (χ2v) is 17.0. The van der Waals surface area contributed by atoms with E-state index in [4.69, 9.17) is 9.47 Å². The molecule has 0 bridgehead atoms. The molecule has 0 fully saturated rings. The third-order valence-corrected chi connectivity index (χ3v) is 8.45. The summed E-state index contributed by atoms with van der Waals surface area (Å²) in [5.74, 6) is 2.38. The molecule has 0 unspecified atom stereocenters. The average molecular weight is 513 g/mol. The zero-order chi connectivity index (χ0) is 25.9. The number of rotatable bonds is 21. The van der Waals surface area contributed by atoms with E-state index in [0.29, 0.717) is 5.82 Å². The first-order chi connectivity index (χ1) is 17.5. The Morgan fingerprint density at radius 3 is 1.58 bits per heavy atom. The fourth-order valence-electron chi connectivity index (χ4n) is 4.32. The van der Waals surface area contributed by atoms with E-state index < -0.39 is 8.07 Å². The highest BCUT2D eigenvalue weighted by Crippen LogP contribution is 2.21. The number of hydrogen-bond donors (Lipinski definition) is 0. The molecule has 202 valence electrons. The van der Waals surface area contributed by atoms with E-state index in [2.05, 4.69) is 36.5 Å². The van der Waals surface area contributed by atoms with Crippen LogP contribution in [0.1, 0.15) is 96.8 Å². The lowest BCUT2D eigenvalue weighted by atomic mass is 10.1. The highest BCUT2D eigenvalue weighted by Gasteiger charge is 2.11. The molecule has 2 aromatic rings. The maximum absolute atomic E-state index is 5.94. The van der Waals surface area contributed by atoms with Gasteiger partial charge in [0.1, 0.15) is 5.75 Å². The maximum atomic E-state index is 5.94. The molecular weight excluding hydrogens is 460 g/mol. The van der Waals surface area contributed by atoms with Crippen molar-refractivity contribution >= 4 is 8.07 Å². The molecule has 0 saturated carbocycles. The SMILES string of the molecule is CCCCCCCCOc1cnc(-c2ccc(OCCCCCCCCCC[Si](C)(C)C)cc2)nc1. The lowest BCUT2D eigenvalue weighted by Gasteiger charge is -2.14. The van der Waals surface area contributed by atoms with Crippen LogP contribution in [-0.4, -0.2) is 31.3 Å². The molecule has 0 N–H and O–H groups in total. The van der Waals surface area contributed by atoms with Gasteiger partial charge in [-0.2, -0.15) is 0 Å². The minimum atomic E-state index is -0.833. The summed E-state index contributed by atoms with van der Waals surface area (Å²) in [4.78, 5) is 8.96. The molecule has 1 heterocycles. The fraction of sp³-hybridized carbons (Fsp3) is 0.677. The highest BCUT2D eigenvalue weighted by atomic mass is 28.3. The summed E-state index contributed by atoms with van der Waals surface area (Å²) in [7, 11) is -0.833. The van der Waals surface area contributed by atoms with Gasteiger partial charge in [-0.25, -0.2) is 9.97 Å². The van der Waals surface area contributed by atoms with Gasteiger partial charge in [-0.15, -0.1) is 0 Å². The van der Waals surface area contributed by atoms with Crippen molar-refractivity contribution in [3.8, 4) is 22.9 Å². The molecule has 36 heavy (non-hydrogen) atoms. The van der Waals surface area contributed by atoms with Crippen LogP contribution in [0.5, 0.6) is 11.5 Å². The standard InChI is InChI=1S/C31H52N2O2Si/c1-5-6-7-8-13-17-24-35-30-26-32-31(33-27-30)28-19-21-29(22-20-28)34-23-16-14-11-9-10-12-15-18-25-36(2,3)4/h19-22,26-27H,5-18,23-25H2,1-4H3. The zero-order valence-electron chi connectivity index (χ0n) is 23.7. The summed E-state index contributed by atoms with van der Waals surface area (Å²) in [5.41, 5.74) is 0.995. The van der Waals surface area contributed by atoms with Gasteiger partial charge in [-0.3, -0.25) is 0 Å². The lowest BCUT2D eigenvalue weighted by molar-refractivity contribution is 0.302. The van der Waals surface area contributed by atoms with Gasteiger partial charge >= 0.3 is 0 Å². The Kier molecular flexibility index (Phi) is 15.5. The van der Waals surface area contributed by atoms with Crippen LogP contribution in [0.4, 0.5) is 0 Å². The normalized spacial score (nSPS) is 11.6. The van der Waals surface area contributed by atoms with Crippen LogP contribution >= 0.6 is 0 Å². The third kappa shape index (κ3) is 14.6. The van der Waals surface area contributed by atoms with Crippen LogP contribution in [0, 0.1) is 0 Å². The number of aromatic nitrogens is 2. The highest BCUT2D eigenvalue weighted by molar-refractivity contribution is 6.76. The Labute approximate surface area is 222 Å². The number of nitrogens with zero attached hydrogens (tertiary/aromatic N) is 2. The molecular formula is C31H52N2O2Si. The van der Waals surface area contributed by atoms with Gasteiger partial charge in [0.25, 0.3) is 0 Å². The van der Waals surface area contributed by atoms with Gasteiger partial charge in [0.2, 0.25) is 0 Å². The van der Waals surface area contributed by atoms with E-state index in [-0.39, 0.29) is 0 Å². The van der Waals surface area contributed by atoms with Crippen LogP contribution in [-0.2, 0) is 0 Å². The Morgan fingerprint density at radius 2 is 1.06 bits per heavy atom. The largest absolute Gasteiger partial charge is 0.494 e. The van der Waals surface area contributed by atoms with Crippen molar-refractivity contribution in [3.05, 3.63) is 36.7 Å². The van der Waals surface area contributed by atoms with Crippen molar-refractivity contribution in [2.24, 2.45) is 0 Å². The average Bonchev–Trinajstić information content (AvgIpc) is 2.87. The van der Waals surface area contributed by atoms with Gasteiger partial charge in [-0.1, -0.05) is 110 Å². The van der Waals surface area contributed by atoms with E-state index in [1.165, 1.54) is 83.1 Å². The number of benzene rings is 1. The fourth-order valence-corrected chi connectivity index (χ4v) is 5.63. The van der Waals surface area contributed by atoms with E-state index in [9.17, 15) is 0 Å². The van der Waals surface area contributed by atoms with Crippen molar-refractivity contribution in [2.75, 3.05) is 13.2 Å². The Morgan fingerprint density at radius 1 is 0.583 bits per heavy atom. The predicted molar refractivity (Wildman–Crippen MR) is 157 cm³/mol. The van der Waals surface area contributed by atoms with Crippen molar-refractivity contribution < 1.29 is 9.47 Å². The van der Waals surface area contributed by atoms with Crippen molar-refractivity contribution in [3.63, 3.8) is 0 Å². The van der Waals surface area contributed by atoms with Crippen LogP contribution in [0.3, 0.4) is 0 Å². The van der Waals surface area contributed by atoms with Crippen LogP contribution < -0.4 is 9.47 Å². The summed E-state index contributed by atoms with van der Waals surface area (Å²) in [5, 5.41) is 0. The molecule has 5 heteroatoms. The zero-order valence-corrected chi connectivity index (χ0v) is 24.7. The molecule has 0 aliphatic heterocycles. The molecule has 0 spiro atoms. The van der Waals surface area contributed by atoms with E-state index in [0.717, 1.165) is 43.1 Å². The molecule has 0 amide bonds. The first-order valence-electron chi connectivity index (χ1n) is 14.7. The molecule has 0 atom stereocenters. The van der Waals surface area contributed by atoms with Crippen molar-refractivity contribution in [1.29, 1.82) is 0 Å². The van der Waals surface area contributed by atoms with Crippen LogP contribution in [0.2, 0.25) is 25.7 Å². The van der Waals surface area contributed by atoms with Crippen LogP contribution in [0.15, 0.2) is 36.7 Å². The predicted octanol–water partition coefficient (Wildman–Crippen LogP) is 9.72. The maximum Gasteiger partial charge on any atom is 0.159 e. The number of hydrogen-bond acceptors (Lipinski definition) is 4. The van der Waals surface area contributed by atoms with Gasteiger partial charge < -0.3 is 9.47 Å². The number of unbranched alkanes of at least 4 members (excludes halogenated alkanes) is 12. The molecule has 0 aliphatic rings. The van der Waals surface area contributed by atoms with E-state index in [1.807, 2.05) is 24.3 Å². The molecule has 1 aromatic carbocycles. The summed E-state index contributed by atoms with van der Waals surface area (Å²) < 4.78 is 11.7. The lowest BCUT2D eigenvalue weighted by Crippen LogP contribution is -2.18. The first-order valence-corrected chi connectivity index (χ1v) is 18.4. The summed E-state index contributed by atoms with van der Waals surface area (Å²) >= 11 is 0. The van der Waals surface area contributed by atoms with Gasteiger partial charge in [-0.05, 0) is 37.1 Å². The summed E-state index contributed by atoms with van der Waals surface area (Å²) in [6.45, 7) is 11.2. The van der Waals surface area contributed by atoms with E-state index >= 15 is 0 Å². The van der Waals surface area contributed by atoms with Crippen LogP contribution in [0.25, 0.3) is 11.4 Å². The second kappa shape index (κ2) is 18.4. The molecule has 4 nitrogen and oxygen atoms in total. The van der Waals surface area contributed by atoms with Gasteiger partial charge in [0.15, 0.2) is 11.6 Å². The van der Waals surface area contributed by atoms with Gasteiger partial charge in [0, 0.05) is 13.6 Å². The first kappa shape index (κ1) is 30.3. The summed E-state index contributed by atoms with van der Waals surface area (Å²) in [6.07, 6.45) is 21.9. The topological polar surface area (TPSA) is 44.2 Å². The van der Waals surface area contributed by atoms with Crippen molar-refractivity contribution in [1.82, 2.24) is 9.97 Å². The molecule has 0 radical (unpaired) electrons. The monoisotopic (exact) mass is 512 g/mol. The molecule has 0 aliphatic carbocycles. The minimum absolute atomic E-state index is 0.717. The Hall–Kier alpha value is -1.88. The minimum Gasteiger partial charge on any atom is -0.494 e. The molecule has 0 saturated heterocycles. The van der Waals surface area contributed by atoms with Crippen molar-refractivity contribution in [2.45, 2.75) is 123 Å². The van der Waals surface area contributed by atoms with Gasteiger partial charge in [0.05, 0.1) is 25.6 Å². The molecule has 1 aromatic heterocycles. The quantitative estimate of drug-likeness (QED) is 0.123. The Bertz CT molecular complexity index is 788. The molecule has 2 rings (SSSR count). The third-order valence-electron chi connectivity index (χ3n) is 6.60. The summed E-state index contributed by atoms with van der Waals surface area (Å²) in [6, 6.07) is 9.58. The second-order valence-electron chi connectivity index (χ2n) is 11.4. The number of ether oxygens (including phenoxy) is 2.